The van der Waals surface area contributed by atoms with Crippen molar-refractivity contribution in [3.8, 4) is 0 Å². The monoisotopic (exact) mass is 373 g/mol. The quantitative estimate of drug-likeness (QED) is 0.620. The highest BCUT2D eigenvalue weighted by molar-refractivity contribution is 6.33. The number of halogens is 1. The van der Waals surface area contributed by atoms with Crippen molar-refractivity contribution in [2.75, 3.05) is 23.3 Å². The van der Waals surface area contributed by atoms with Crippen LogP contribution in [0.5, 0.6) is 0 Å². The summed E-state index contributed by atoms with van der Waals surface area (Å²) in [5.74, 6) is 0.193. The van der Waals surface area contributed by atoms with Crippen LogP contribution in [0.4, 0.5) is 17.1 Å². The van der Waals surface area contributed by atoms with Crippen molar-refractivity contribution >= 4 is 34.6 Å². The molecule has 0 aromatic heterocycles. The molecule has 2 aromatic carbocycles. The van der Waals surface area contributed by atoms with Gasteiger partial charge in [-0.1, -0.05) is 30.7 Å². The van der Waals surface area contributed by atoms with E-state index < -0.39 is 10.8 Å². The SMILES string of the molecule is CC1CCN(c2ccc(NC(=O)c3ccccc3[N+](=O)[O-])cc2Cl)CC1. The molecule has 0 atom stereocenters. The molecule has 3 rings (SSSR count). The van der Waals surface area contributed by atoms with Crippen LogP contribution in [0.25, 0.3) is 0 Å². The highest BCUT2D eigenvalue weighted by Gasteiger charge is 2.21. The molecule has 136 valence electrons. The second kappa shape index (κ2) is 7.74. The Bertz CT molecular complexity index is 833. The van der Waals surface area contributed by atoms with E-state index in [0.29, 0.717) is 10.7 Å². The fourth-order valence-electron chi connectivity index (χ4n) is 3.11. The van der Waals surface area contributed by atoms with Crippen LogP contribution in [-0.2, 0) is 0 Å². The molecule has 0 spiro atoms. The maximum atomic E-state index is 12.4. The Morgan fingerprint density at radius 2 is 1.92 bits per heavy atom. The summed E-state index contributed by atoms with van der Waals surface area (Å²) in [5, 5.41) is 14.3. The molecule has 6 nitrogen and oxygen atoms in total. The molecule has 0 aliphatic carbocycles. The lowest BCUT2D eigenvalue weighted by Crippen LogP contribution is -2.32. The molecule has 0 unspecified atom stereocenters. The Kier molecular flexibility index (Phi) is 5.42. The lowest BCUT2D eigenvalue weighted by molar-refractivity contribution is -0.385. The van der Waals surface area contributed by atoms with Gasteiger partial charge in [0.2, 0.25) is 0 Å². The van der Waals surface area contributed by atoms with Crippen molar-refractivity contribution in [2.45, 2.75) is 19.8 Å². The van der Waals surface area contributed by atoms with Crippen molar-refractivity contribution in [3.63, 3.8) is 0 Å². The van der Waals surface area contributed by atoms with Gasteiger partial charge in [-0.05, 0) is 43.0 Å². The van der Waals surface area contributed by atoms with E-state index in [1.807, 2.05) is 6.07 Å². The second-order valence-electron chi connectivity index (χ2n) is 6.56. The van der Waals surface area contributed by atoms with Crippen molar-refractivity contribution in [1.82, 2.24) is 0 Å². The van der Waals surface area contributed by atoms with Gasteiger partial charge in [0.1, 0.15) is 5.56 Å². The third-order valence-electron chi connectivity index (χ3n) is 4.68. The Hall–Kier alpha value is -2.60. The third-order valence-corrected chi connectivity index (χ3v) is 4.98. The normalized spacial score (nSPS) is 14.9. The molecule has 0 saturated carbocycles. The van der Waals surface area contributed by atoms with E-state index in [0.717, 1.165) is 37.5 Å². The predicted octanol–water partition coefficient (Wildman–Crippen LogP) is 4.74. The van der Waals surface area contributed by atoms with Crippen LogP contribution in [-0.4, -0.2) is 23.9 Å². The summed E-state index contributed by atoms with van der Waals surface area (Å²) in [5.41, 5.74) is 1.24. The summed E-state index contributed by atoms with van der Waals surface area (Å²) in [6, 6.07) is 11.2. The molecule has 1 heterocycles. The van der Waals surface area contributed by atoms with Crippen molar-refractivity contribution < 1.29 is 9.72 Å². The maximum Gasteiger partial charge on any atom is 0.282 e. The zero-order valence-electron chi connectivity index (χ0n) is 14.4. The van der Waals surface area contributed by atoms with Gasteiger partial charge in [0.25, 0.3) is 11.6 Å². The number of amides is 1. The molecule has 1 amide bonds. The van der Waals surface area contributed by atoms with Gasteiger partial charge in [0.05, 0.1) is 15.6 Å². The minimum Gasteiger partial charge on any atom is -0.370 e. The topological polar surface area (TPSA) is 75.5 Å². The third kappa shape index (κ3) is 3.96. The molecule has 0 bridgehead atoms. The number of anilines is 2. The van der Waals surface area contributed by atoms with Crippen LogP contribution < -0.4 is 10.2 Å². The van der Waals surface area contributed by atoms with Gasteiger partial charge in [0.15, 0.2) is 0 Å². The number of hydrogen-bond donors (Lipinski definition) is 1. The summed E-state index contributed by atoms with van der Waals surface area (Å²) in [4.78, 5) is 25.2. The molecule has 26 heavy (non-hydrogen) atoms. The van der Waals surface area contributed by atoms with E-state index in [-0.39, 0.29) is 11.3 Å². The summed E-state index contributed by atoms with van der Waals surface area (Å²) >= 11 is 6.41. The number of carbonyl (C=O) groups is 1. The lowest BCUT2D eigenvalue weighted by atomic mass is 9.99. The summed E-state index contributed by atoms with van der Waals surface area (Å²) in [6.45, 7) is 4.17. The molecular weight excluding hydrogens is 354 g/mol. The Morgan fingerprint density at radius 1 is 1.23 bits per heavy atom. The zero-order chi connectivity index (χ0) is 18.7. The van der Waals surface area contributed by atoms with Crippen LogP contribution in [0, 0.1) is 16.0 Å². The maximum absolute atomic E-state index is 12.4. The zero-order valence-corrected chi connectivity index (χ0v) is 15.2. The largest absolute Gasteiger partial charge is 0.370 e. The van der Waals surface area contributed by atoms with Gasteiger partial charge in [-0.2, -0.15) is 0 Å². The van der Waals surface area contributed by atoms with E-state index in [4.69, 9.17) is 11.6 Å². The van der Waals surface area contributed by atoms with E-state index in [1.165, 1.54) is 18.2 Å². The van der Waals surface area contributed by atoms with Crippen molar-refractivity contribution in [3.05, 3.63) is 63.2 Å². The van der Waals surface area contributed by atoms with Crippen LogP contribution >= 0.6 is 11.6 Å². The minimum atomic E-state index is -0.567. The lowest BCUT2D eigenvalue weighted by Gasteiger charge is -2.32. The highest BCUT2D eigenvalue weighted by Crippen LogP contribution is 2.32. The first-order valence-corrected chi connectivity index (χ1v) is 8.93. The van der Waals surface area contributed by atoms with Crippen LogP contribution in [0.2, 0.25) is 5.02 Å². The van der Waals surface area contributed by atoms with Crippen LogP contribution in [0.3, 0.4) is 0 Å². The highest BCUT2D eigenvalue weighted by atomic mass is 35.5. The predicted molar refractivity (Wildman–Crippen MR) is 103 cm³/mol. The number of hydrogen-bond acceptors (Lipinski definition) is 4. The van der Waals surface area contributed by atoms with Gasteiger partial charge >= 0.3 is 0 Å². The fourth-order valence-corrected chi connectivity index (χ4v) is 3.41. The molecule has 1 aliphatic heterocycles. The smallest absolute Gasteiger partial charge is 0.282 e. The number of nitro groups is 1. The van der Waals surface area contributed by atoms with E-state index >= 15 is 0 Å². The number of nitrogens with one attached hydrogen (secondary N) is 1. The minimum absolute atomic E-state index is 0.0164. The second-order valence-corrected chi connectivity index (χ2v) is 6.97. The number of carbonyl (C=O) groups excluding carboxylic acids is 1. The molecular formula is C19H20ClN3O3. The number of benzene rings is 2. The molecule has 1 N–H and O–H groups in total. The number of nitro benzene ring substituents is 1. The fraction of sp³-hybridized carbons (Fsp3) is 0.316. The van der Waals surface area contributed by atoms with Gasteiger partial charge < -0.3 is 10.2 Å². The summed E-state index contributed by atoms with van der Waals surface area (Å²) < 4.78 is 0. The summed E-state index contributed by atoms with van der Waals surface area (Å²) in [7, 11) is 0. The molecule has 1 fully saturated rings. The van der Waals surface area contributed by atoms with Gasteiger partial charge in [-0.15, -0.1) is 0 Å². The summed E-state index contributed by atoms with van der Waals surface area (Å²) in [6.07, 6.45) is 2.26. The van der Waals surface area contributed by atoms with E-state index in [1.54, 1.807) is 18.2 Å². The van der Waals surface area contributed by atoms with Gasteiger partial charge in [0, 0.05) is 24.8 Å². The average Bonchev–Trinajstić information content (AvgIpc) is 2.63. The Morgan fingerprint density at radius 3 is 2.58 bits per heavy atom. The number of piperidine rings is 1. The standard InChI is InChI=1S/C19H20ClN3O3/c1-13-8-10-22(11-9-13)18-7-6-14(12-16(18)20)21-19(24)15-4-2-3-5-17(15)23(25)26/h2-7,12-13H,8-11H2,1H3,(H,21,24). The van der Waals surface area contributed by atoms with Crippen LogP contribution in [0.15, 0.2) is 42.5 Å². The van der Waals surface area contributed by atoms with Gasteiger partial charge in [-0.3, -0.25) is 14.9 Å². The number of nitrogens with zero attached hydrogens (tertiary/aromatic N) is 2. The molecule has 2 aromatic rings. The number of para-hydroxylation sites is 1. The van der Waals surface area contributed by atoms with Crippen LogP contribution in [0.1, 0.15) is 30.1 Å². The van der Waals surface area contributed by atoms with Crippen molar-refractivity contribution in [2.24, 2.45) is 5.92 Å². The molecule has 0 radical (unpaired) electrons. The van der Waals surface area contributed by atoms with Crippen molar-refractivity contribution in [1.29, 1.82) is 0 Å². The Labute approximate surface area is 156 Å². The first-order valence-electron chi connectivity index (χ1n) is 8.55. The number of rotatable bonds is 4. The van der Waals surface area contributed by atoms with E-state index in [9.17, 15) is 14.9 Å². The average molecular weight is 374 g/mol. The van der Waals surface area contributed by atoms with Gasteiger partial charge in [-0.25, -0.2) is 0 Å². The molecule has 1 aliphatic rings. The molecule has 1 saturated heterocycles. The first-order chi connectivity index (χ1) is 12.5. The molecule has 7 heteroatoms. The van der Waals surface area contributed by atoms with E-state index in [2.05, 4.69) is 17.1 Å². The first kappa shape index (κ1) is 18.2. The Balaban J connectivity index is 1.76.